The van der Waals surface area contributed by atoms with Crippen molar-refractivity contribution in [3.63, 3.8) is 0 Å². The van der Waals surface area contributed by atoms with Crippen LogP contribution in [0.3, 0.4) is 0 Å². The number of hydrogen-bond donors (Lipinski definition) is 6. The number of rotatable bonds is 20. The molecule has 0 fully saturated rings. The average molecular weight is 866 g/mol. The Kier molecular flexibility index (Phi) is 13.9. The number of nitrogens with two attached hydrogens (primary N) is 4. The fourth-order valence-electron chi connectivity index (χ4n) is 7.00. The van der Waals surface area contributed by atoms with Crippen molar-refractivity contribution in [3.8, 4) is 11.5 Å². The van der Waals surface area contributed by atoms with E-state index in [0.717, 1.165) is 5.01 Å². The Morgan fingerprint density at radius 1 is 0.746 bits per heavy atom. The summed E-state index contributed by atoms with van der Waals surface area (Å²) >= 11 is 0. The molecule has 22 heteroatoms. The number of benzene rings is 2. The normalized spacial score (nSPS) is 11.4. The number of carbonyl (C=O) groups excluding carboxylic acids is 5. The lowest BCUT2D eigenvalue weighted by Gasteiger charge is -2.16. The molecule has 5 amide bonds. The van der Waals surface area contributed by atoms with Crippen molar-refractivity contribution in [1.82, 2.24) is 43.7 Å². The minimum absolute atomic E-state index is 0.0529. The molecule has 4 heterocycles. The molecule has 6 rings (SSSR count). The maximum absolute atomic E-state index is 13.8. The lowest BCUT2D eigenvalue weighted by atomic mass is 10.1. The maximum Gasteiger partial charge on any atom is 0.276 e. The van der Waals surface area contributed by atoms with Gasteiger partial charge in [-0.15, -0.1) is 0 Å². The number of ether oxygens (including phenoxy) is 2. The second-order valence-corrected chi connectivity index (χ2v) is 14.4. The monoisotopic (exact) mass is 865 g/mol. The SMILES string of the molecule is CCn1nc(C)cc1C(=O)Nc1nc2cc(C(N)=O)cc(OC)c2n1C/C=C/Cn1c(NC(=O)c2cc(C)nn2CC)nc2cc(C(N)=O)cc(OCCCC(=O)N(N)CCN)c21. The van der Waals surface area contributed by atoms with Gasteiger partial charge in [-0.05, 0) is 70.5 Å². The second kappa shape index (κ2) is 19.4. The summed E-state index contributed by atoms with van der Waals surface area (Å²) in [4.78, 5) is 74.0. The molecule has 0 saturated heterocycles. The van der Waals surface area contributed by atoms with Crippen LogP contribution in [0.1, 0.15) is 79.8 Å². The predicted octanol–water partition coefficient (Wildman–Crippen LogP) is 2.22. The topological polar surface area (TPSA) is 306 Å². The summed E-state index contributed by atoms with van der Waals surface area (Å²) in [6, 6.07) is 9.31. The third-order valence-corrected chi connectivity index (χ3v) is 9.95. The number of hydrogen-bond acceptors (Lipinski definition) is 13. The van der Waals surface area contributed by atoms with Gasteiger partial charge < -0.3 is 35.8 Å². The van der Waals surface area contributed by atoms with Gasteiger partial charge in [0.05, 0.1) is 36.1 Å². The molecule has 63 heavy (non-hydrogen) atoms. The van der Waals surface area contributed by atoms with Gasteiger partial charge in [0, 0.05) is 56.8 Å². The first-order valence-corrected chi connectivity index (χ1v) is 20.1. The second-order valence-electron chi connectivity index (χ2n) is 14.4. The van der Waals surface area contributed by atoms with E-state index < -0.39 is 23.6 Å². The number of primary amides is 2. The number of fused-ring (bicyclic) bond motifs is 2. The van der Waals surface area contributed by atoms with Crippen LogP contribution in [-0.4, -0.2) is 100 Å². The molecule has 0 aliphatic rings. The van der Waals surface area contributed by atoms with Gasteiger partial charge in [0.1, 0.15) is 33.9 Å². The minimum Gasteiger partial charge on any atom is -0.494 e. The summed E-state index contributed by atoms with van der Waals surface area (Å²) in [5.41, 5.74) is 20.6. The molecule has 22 nitrogen and oxygen atoms in total. The highest BCUT2D eigenvalue weighted by Crippen LogP contribution is 2.33. The molecule has 0 atom stereocenters. The fourth-order valence-corrected chi connectivity index (χ4v) is 7.00. The standard InChI is InChI=1S/C41H51N15O7/c1-6-55-29(17-23(3)50-55)38(60)48-40-46-27-19-25(36(43)58)21-31(62-5)34(27)52(40)13-8-9-14-53-35-28(47-41(53)49-39(61)30-18-24(4)51-56(30)7-2)20-26(37(44)59)22-32(35)63-16-10-11-33(57)54(45)15-12-42/h8-9,17-22H,6-7,10-16,42,45H2,1-5H3,(H2,43,58)(H2,44,59)(H,46,48,60)(H,47,49,61)/b9-8+. The van der Waals surface area contributed by atoms with E-state index in [0.29, 0.717) is 57.9 Å². The predicted molar refractivity (Wildman–Crippen MR) is 233 cm³/mol. The number of nitrogens with zero attached hydrogens (tertiary/aromatic N) is 9. The summed E-state index contributed by atoms with van der Waals surface area (Å²) in [7, 11) is 1.44. The molecule has 0 radical (unpaired) electrons. The van der Waals surface area contributed by atoms with E-state index in [-0.39, 0.29) is 86.1 Å². The van der Waals surface area contributed by atoms with E-state index >= 15 is 0 Å². The average Bonchev–Trinajstić information content (AvgIpc) is 4.02. The first kappa shape index (κ1) is 44.9. The van der Waals surface area contributed by atoms with Crippen molar-refractivity contribution in [2.75, 3.05) is 37.4 Å². The molecule has 332 valence electrons. The number of methoxy groups -OCH3 is 1. The highest BCUT2D eigenvalue weighted by Gasteiger charge is 2.24. The summed E-state index contributed by atoms with van der Waals surface area (Å²) in [5, 5.41) is 15.6. The lowest BCUT2D eigenvalue weighted by molar-refractivity contribution is -0.131. The van der Waals surface area contributed by atoms with Crippen LogP contribution in [0.25, 0.3) is 22.1 Å². The number of aromatic nitrogens is 8. The van der Waals surface area contributed by atoms with Gasteiger partial charge >= 0.3 is 0 Å². The van der Waals surface area contributed by atoms with Crippen LogP contribution in [0.2, 0.25) is 0 Å². The van der Waals surface area contributed by atoms with E-state index in [2.05, 4.69) is 25.8 Å². The first-order valence-electron chi connectivity index (χ1n) is 20.1. The molecule has 0 bridgehead atoms. The van der Waals surface area contributed by atoms with Crippen molar-refractivity contribution < 1.29 is 33.4 Å². The van der Waals surface area contributed by atoms with Crippen molar-refractivity contribution in [3.05, 3.63) is 82.5 Å². The molecule has 0 unspecified atom stereocenters. The van der Waals surface area contributed by atoms with Gasteiger partial charge in [-0.25, -0.2) is 15.8 Å². The molecule has 0 aliphatic heterocycles. The van der Waals surface area contributed by atoms with Gasteiger partial charge in [-0.1, -0.05) is 12.2 Å². The largest absolute Gasteiger partial charge is 0.494 e. The van der Waals surface area contributed by atoms with Gasteiger partial charge in [0.2, 0.25) is 29.6 Å². The van der Waals surface area contributed by atoms with Crippen molar-refractivity contribution in [2.45, 2.75) is 66.7 Å². The first-order chi connectivity index (χ1) is 30.2. The fraction of sp³-hybridized carbons (Fsp3) is 0.341. The van der Waals surface area contributed by atoms with Gasteiger partial charge in [-0.3, -0.25) is 49.0 Å². The van der Waals surface area contributed by atoms with E-state index in [1.165, 1.54) is 31.4 Å². The van der Waals surface area contributed by atoms with Crippen molar-refractivity contribution >= 4 is 63.5 Å². The highest BCUT2D eigenvalue weighted by molar-refractivity contribution is 6.05. The molecular weight excluding hydrogens is 815 g/mol. The van der Waals surface area contributed by atoms with E-state index in [1.54, 1.807) is 56.6 Å². The van der Waals surface area contributed by atoms with E-state index in [1.807, 2.05) is 13.8 Å². The smallest absolute Gasteiger partial charge is 0.276 e. The number of carbonyl (C=O) groups is 5. The van der Waals surface area contributed by atoms with E-state index in [9.17, 15) is 24.0 Å². The molecule has 6 aromatic rings. The maximum atomic E-state index is 13.8. The Morgan fingerprint density at radius 3 is 1.67 bits per heavy atom. The van der Waals surface area contributed by atoms with Crippen LogP contribution < -0.4 is 43.2 Å². The Bertz CT molecular complexity index is 2740. The molecule has 0 saturated carbocycles. The van der Waals surface area contributed by atoms with Crippen LogP contribution in [0.15, 0.2) is 48.6 Å². The Hall–Kier alpha value is -7.59. The van der Waals surface area contributed by atoms with Gasteiger partial charge in [0.15, 0.2) is 0 Å². The molecule has 0 spiro atoms. The summed E-state index contributed by atoms with van der Waals surface area (Å²) in [5.74, 6) is 3.89. The van der Waals surface area contributed by atoms with Crippen molar-refractivity contribution in [1.29, 1.82) is 0 Å². The summed E-state index contributed by atoms with van der Waals surface area (Å²) in [6.45, 7) is 8.88. The summed E-state index contributed by atoms with van der Waals surface area (Å²) in [6.07, 6.45) is 3.95. The number of allylic oxidation sites excluding steroid dienone is 2. The Balaban J connectivity index is 1.39. The van der Waals surface area contributed by atoms with Gasteiger partial charge in [0.25, 0.3) is 11.8 Å². The number of anilines is 2. The molecule has 0 aliphatic carbocycles. The quantitative estimate of drug-likeness (QED) is 0.0211. The molecule has 2 aromatic carbocycles. The van der Waals surface area contributed by atoms with Crippen LogP contribution in [0.4, 0.5) is 11.9 Å². The molecule has 10 N–H and O–H groups in total. The zero-order valence-electron chi connectivity index (χ0n) is 35.7. The zero-order valence-corrected chi connectivity index (χ0v) is 35.7. The molecule has 4 aromatic heterocycles. The summed E-state index contributed by atoms with van der Waals surface area (Å²) < 4.78 is 18.4. The number of imidazole rings is 2. The lowest BCUT2D eigenvalue weighted by Crippen LogP contribution is -2.40. The van der Waals surface area contributed by atoms with Crippen LogP contribution in [0, 0.1) is 13.8 Å². The van der Waals surface area contributed by atoms with Crippen LogP contribution >= 0.6 is 0 Å². The number of aryl methyl sites for hydroxylation is 4. The zero-order chi connectivity index (χ0) is 45.5. The third kappa shape index (κ3) is 9.81. The van der Waals surface area contributed by atoms with E-state index in [4.69, 9.17) is 37.5 Å². The number of hydrazine groups is 1. The van der Waals surface area contributed by atoms with Crippen LogP contribution in [0.5, 0.6) is 11.5 Å². The number of amides is 5. The minimum atomic E-state index is -0.733. The van der Waals surface area contributed by atoms with Gasteiger partial charge in [-0.2, -0.15) is 10.2 Å². The number of nitrogens with one attached hydrogen (secondary N) is 2. The Morgan fingerprint density at radius 2 is 1.22 bits per heavy atom. The highest BCUT2D eigenvalue weighted by atomic mass is 16.5. The molecular formula is C41H51N15O7. The van der Waals surface area contributed by atoms with Crippen molar-refractivity contribution in [2.24, 2.45) is 23.0 Å². The third-order valence-electron chi connectivity index (χ3n) is 9.95. The van der Waals surface area contributed by atoms with Crippen LogP contribution in [-0.2, 0) is 31.0 Å². The Labute approximate surface area is 361 Å².